The minimum Gasteiger partial charge on any atom is -0.357 e. The molecular weight excluding hydrogens is 298 g/mol. The van der Waals surface area contributed by atoms with Crippen LogP contribution in [0.4, 0.5) is 11.8 Å². The number of H-pyrrole nitrogens is 1. The molecule has 3 aromatic rings. The van der Waals surface area contributed by atoms with Gasteiger partial charge in [-0.25, -0.2) is 9.97 Å². The molecule has 0 saturated carbocycles. The molecule has 0 radical (unpaired) electrons. The van der Waals surface area contributed by atoms with E-state index < -0.39 is 0 Å². The van der Waals surface area contributed by atoms with Crippen LogP contribution < -0.4 is 10.2 Å². The first kappa shape index (κ1) is 15.0. The maximum absolute atomic E-state index is 4.57. The smallest absolute Gasteiger partial charge is 0.201 e. The number of hydrogen-bond acceptors (Lipinski definition) is 4. The lowest BCUT2D eigenvalue weighted by molar-refractivity contribution is 0.726. The molecule has 2 N–H and O–H groups in total. The molecule has 0 unspecified atom stereocenters. The molecule has 1 aromatic carbocycles. The zero-order chi connectivity index (χ0) is 16.2. The number of rotatable bonds is 4. The van der Waals surface area contributed by atoms with E-state index in [0.717, 1.165) is 42.4 Å². The topological polar surface area (TPSA) is 56.8 Å². The summed E-state index contributed by atoms with van der Waals surface area (Å²) < 4.78 is 0. The van der Waals surface area contributed by atoms with Crippen LogP contribution in [0.15, 0.2) is 42.6 Å². The van der Waals surface area contributed by atoms with Crippen molar-refractivity contribution in [2.45, 2.75) is 32.2 Å². The number of aromatic amines is 1. The fourth-order valence-corrected chi connectivity index (χ4v) is 3.27. The summed E-state index contributed by atoms with van der Waals surface area (Å²) in [4.78, 5) is 14.8. The molecule has 124 valence electrons. The summed E-state index contributed by atoms with van der Waals surface area (Å²) in [6.45, 7) is 2.98. The lowest BCUT2D eigenvalue weighted by Gasteiger charge is -2.21. The van der Waals surface area contributed by atoms with E-state index >= 15 is 0 Å². The van der Waals surface area contributed by atoms with Crippen molar-refractivity contribution in [2.75, 3.05) is 23.3 Å². The second-order valence-corrected chi connectivity index (χ2v) is 6.38. The van der Waals surface area contributed by atoms with Gasteiger partial charge < -0.3 is 15.2 Å². The third kappa shape index (κ3) is 3.35. The number of para-hydroxylation sites is 2. The number of nitrogens with one attached hydrogen (secondary N) is 2. The average molecular weight is 321 g/mol. The van der Waals surface area contributed by atoms with E-state index in [4.69, 9.17) is 0 Å². The maximum Gasteiger partial charge on any atom is 0.201 e. The summed E-state index contributed by atoms with van der Waals surface area (Å²) in [5.41, 5.74) is 3.27. The van der Waals surface area contributed by atoms with Gasteiger partial charge in [0.2, 0.25) is 5.95 Å². The van der Waals surface area contributed by atoms with Crippen molar-refractivity contribution in [3.63, 3.8) is 0 Å². The van der Waals surface area contributed by atoms with Crippen LogP contribution in [0.5, 0.6) is 0 Å². The molecule has 1 aliphatic heterocycles. The number of benzene rings is 1. The molecular formula is C19H23N5. The molecule has 1 saturated heterocycles. The average Bonchev–Trinajstić information content (AvgIpc) is 2.84. The summed E-state index contributed by atoms with van der Waals surface area (Å²) in [7, 11) is 0. The predicted octanol–water partition coefficient (Wildman–Crippen LogP) is 3.95. The highest BCUT2D eigenvalue weighted by Gasteiger charge is 2.11. The number of anilines is 2. The quantitative estimate of drug-likeness (QED) is 0.764. The summed E-state index contributed by atoms with van der Waals surface area (Å²) >= 11 is 0. The lowest BCUT2D eigenvalue weighted by Crippen LogP contribution is -2.25. The SMILES string of the molecule is c1ccc2[nH]c(NCc3ccnc(N4CCCCCC4)c3)nc2c1. The number of imidazole rings is 1. The van der Waals surface area contributed by atoms with Crippen molar-refractivity contribution in [3.8, 4) is 0 Å². The Morgan fingerprint density at radius 1 is 1.04 bits per heavy atom. The molecule has 4 rings (SSSR count). The van der Waals surface area contributed by atoms with E-state index in [1.165, 1.54) is 31.2 Å². The van der Waals surface area contributed by atoms with Gasteiger partial charge in [-0.1, -0.05) is 25.0 Å². The molecule has 0 amide bonds. The molecule has 24 heavy (non-hydrogen) atoms. The molecule has 5 nitrogen and oxygen atoms in total. The van der Waals surface area contributed by atoms with E-state index in [2.05, 4.69) is 37.3 Å². The van der Waals surface area contributed by atoms with Crippen LogP contribution in [-0.2, 0) is 6.54 Å². The standard InChI is InChI=1S/C19H23N5/c1-2-6-12-24(11-5-1)18-13-15(9-10-20-18)14-21-19-22-16-7-3-4-8-17(16)23-19/h3-4,7-10,13H,1-2,5-6,11-12,14H2,(H2,21,22,23). The molecule has 0 atom stereocenters. The highest BCUT2D eigenvalue weighted by atomic mass is 15.2. The second kappa shape index (κ2) is 6.91. The number of pyridine rings is 1. The van der Waals surface area contributed by atoms with Gasteiger partial charge in [0, 0.05) is 25.8 Å². The van der Waals surface area contributed by atoms with Crippen LogP contribution in [0.25, 0.3) is 11.0 Å². The minimum absolute atomic E-state index is 0.739. The van der Waals surface area contributed by atoms with Gasteiger partial charge in [-0.15, -0.1) is 0 Å². The summed E-state index contributed by atoms with van der Waals surface area (Å²) in [6, 6.07) is 12.3. The van der Waals surface area contributed by atoms with E-state index in [9.17, 15) is 0 Å². The number of nitrogens with zero attached hydrogens (tertiary/aromatic N) is 3. The molecule has 3 heterocycles. The van der Waals surface area contributed by atoms with Gasteiger partial charge in [0.05, 0.1) is 11.0 Å². The zero-order valence-corrected chi connectivity index (χ0v) is 13.8. The summed E-state index contributed by atoms with van der Waals surface area (Å²) in [6.07, 6.45) is 7.12. The third-order valence-corrected chi connectivity index (χ3v) is 4.59. The maximum atomic E-state index is 4.57. The number of aromatic nitrogens is 3. The molecule has 1 aliphatic rings. The van der Waals surface area contributed by atoms with Crippen molar-refractivity contribution < 1.29 is 0 Å². The van der Waals surface area contributed by atoms with E-state index in [0.29, 0.717) is 0 Å². The highest BCUT2D eigenvalue weighted by Crippen LogP contribution is 2.19. The monoisotopic (exact) mass is 321 g/mol. The summed E-state index contributed by atoms with van der Waals surface area (Å²) in [5, 5.41) is 3.38. The lowest BCUT2D eigenvalue weighted by atomic mass is 10.2. The number of hydrogen-bond donors (Lipinski definition) is 2. The van der Waals surface area contributed by atoms with Crippen LogP contribution in [-0.4, -0.2) is 28.0 Å². The van der Waals surface area contributed by atoms with Crippen molar-refractivity contribution in [1.82, 2.24) is 15.0 Å². The van der Waals surface area contributed by atoms with Crippen LogP contribution in [0.3, 0.4) is 0 Å². The van der Waals surface area contributed by atoms with Gasteiger partial charge in [-0.2, -0.15) is 0 Å². The van der Waals surface area contributed by atoms with Gasteiger partial charge in [-0.05, 0) is 42.7 Å². The van der Waals surface area contributed by atoms with Gasteiger partial charge in [0.15, 0.2) is 0 Å². The normalized spacial score (nSPS) is 15.4. The first-order valence-electron chi connectivity index (χ1n) is 8.77. The zero-order valence-electron chi connectivity index (χ0n) is 13.8. The number of fused-ring (bicyclic) bond motifs is 1. The second-order valence-electron chi connectivity index (χ2n) is 6.38. The Hall–Kier alpha value is -2.56. The van der Waals surface area contributed by atoms with Crippen LogP contribution in [0.2, 0.25) is 0 Å². The third-order valence-electron chi connectivity index (χ3n) is 4.59. The Labute approximate surface area is 142 Å². The fourth-order valence-electron chi connectivity index (χ4n) is 3.27. The Morgan fingerprint density at radius 3 is 2.71 bits per heavy atom. The van der Waals surface area contributed by atoms with Crippen LogP contribution in [0, 0.1) is 0 Å². The molecule has 5 heteroatoms. The largest absolute Gasteiger partial charge is 0.357 e. The van der Waals surface area contributed by atoms with Gasteiger partial charge >= 0.3 is 0 Å². The van der Waals surface area contributed by atoms with Crippen molar-refractivity contribution in [2.24, 2.45) is 0 Å². The molecule has 1 fully saturated rings. The Morgan fingerprint density at radius 2 is 1.88 bits per heavy atom. The Balaban J connectivity index is 1.45. The van der Waals surface area contributed by atoms with E-state index in [1.807, 2.05) is 30.5 Å². The van der Waals surface area contributed by atoms with E-state index in [-0.39, 0.29) is 0 Å². The molecule has 0 spiro atoms. The predicted molar refractivity (Wildman–Crippen MR) is 98.3 cm³/mol. The van der Waals surface area contributed by atoms with Gasteiger partial charge in [0.25, 0.3) is 0 Å². The highest BCUT2D eigenvalue weighted by molar-refractivity contribution is 5.77. The van der Waals surface area contributed by atoms with Crippen LogP contribution >= 0.6 is 0 Å². The van der Waals surface area contributed by atoms with Crippen molar-refractivity contribution in [3.05, 3.63) is 48.2 Å². The van der Waals surface area contributed by atoms with Crippen LogP contribution in [0.1, 0.15) is 31.2 Å². The van der Waals surface area contributed by atoms with Gasteiger partial charge in [0.1, 0.15) is 5.82 Å². The first-order chi connectivity index (χ1) is 11.9. The van der Waals surface area contributed by atoms with Crippen molar-refractivity contribution in [1.29, 1.82) is 0 Å². The van der Waals surface area contributed by atoms with Gasteiger partial charge in [-0.3, -0.25) is 0 Å². The molecule has 0 bridgehead atoms. The first-order valence-corrected chi connectivity index (χ1v) is 8.77. The molecule has 2 aromatic heterocycles. The molecule has 0 aliphatic carbocycles. The van der Waals surface area contributed by atoms with Crippen molar-refractivity contribution >= 4 is 22.8 Å². The summed E-state index contributed by atoms with van der Waals surface area (Å²) in [5.74, 6) is 1.91. The Bertz CT molecular complexity index is 769. The Kier molecular flexibility index (Phi) is 4.32. The van der Waals surface area contributed by atoms with E-state index in [1.54, 1.807) is 0 Å². The minimum atomic E-state index is 0.739. The fraction of sp³-hybridized carbons (Fsp3) is 0.368.